The van der Waals surface area contributed by atoms with Gasteiger partial charge in [-0.15, -0.1) is 12.4 Å². The van der Waals surface area contributed by atoms with Crippen LogP contribution in [0.25, 0.3) is 0 Å². The molecule has 6 nitrogen and oxygen atoms in total. The lowest BCUT2D eigenvalue weighted by atomic mass is 10.0. The van der Waals surface area contributed by atoms with Crippen LogP contribution in [0.5, 0.6) is 0 Å². The van der Waals surface area contributed by atoms with Gasteiger partial charge < -0.3 is 10.1 Å². The number of rotatable bonds is 7. The van der Waals surface area contributed by atoms with Crippen molar-refractivity contribution in [2.75, 3.05) is 13.2 Å². The summed E-state index contributed by atoms with van der Waals surface area (Å²) in [6.45, 7) is 1.06. The molecule has 0 aliphatic carbocycles. The second-order valence-electron chi connectivity index (χ2n) is 6.91. The number of hydrogen-bond acceptors (Lipinski definition) is 6. The third-order valence-corrected chi connectivity index (χ3v) is 5.80. The van der Waals surface area contributed by atoms with Crippen molar-refractivity contribution < 1.29 is 26.5 Å². The molecule has 1 aliphatic rings. The number of ether oxygens (including phenoxy) is 1. The second-order valence-corrected chi connectivity index (χ2v) is 8.53. The van der Waals surface area contributed by atoms with Crippen LogP contribution in [0, 0.1) is 6.92 Å². The minimum absolute atomic E-state index is 0. The molecule has 1 N–H and O–H groups in total. The van der Waals surface area contributed by atoms with Crippen LogP contribution in [0.1, 0.15) is 17.5 Å². The predicted octanol–water partition coefficient (Wildman–Crippen LogP) is 2.94. The largest absolute Gasteiger partial charge is 0.460 e. The van der Waals surface area contributed by atoms with Crippen LogP contribution in [-0.2, 0) is 30.4 Å². The van der Waals surface area contributed by atoms with E-state index in [1.807, 2.05) is 37.3 Å². The Morgan fingerprint density at radius 3 is 2.48 bits per heavy atom. The molecule has 1 fully saturated rings. The fraction of sp³-hybridized carbons (Fsp3) is 0.350. The van der Waals surface area contributed by atoms with Gasteiger partial charge in [-0.1, -0.05) is 48.0 Å². The number of aryl methyl sites for hydroxylation is 1. The van der Waals surface area contributed by atoms with Crippen LogP contribution in [0.3, 0.4) is 0 Å². The summed E-state index contributed by atoms with van der Waals surface area (Å²) in [5.41, 5.74) is -0.251. The fourth-order valence-corrected chi connectivity index (χ4v) is 3.85. The predicted molar refractivity (Wildman–Crippen MR) is 108 cm³/mol. The van der Waals surface area contributed by atoms with Gasteiger partial charge in [0.15, 0.2) is 0 Å². The Balaban J connectivity index is 0.00000300. The van der Waals surface area contributed by atoms with Crippen molar-refractivity contribution in [3.8, 4) is 0 Å². The summed E-state index contributed by atoms with van der Waals surface area (Å²) in [6, 6.07) is 14.4. The molecule has 158 valence electrons. The first kappa shape index (κ1) is 23.3. The summed E-state index contributed by atoms with van der Waals surface area (Å²) in [5, 5.41) is 2.74. The Kier molecular flexibility index (Phi) is 7.76. The highest BCUT2D eigenvalue weighted by Crippen LogP contribution is 2.27. The molecule has 1 aliphatic heterocycles. The number of benzene rings is 2. The Labute approximate surface area is 175 Å². The third kappa shape index (κ3) is 6.24. The molecule has 2 aromatic carbocycles. The Morgan fingerprint density at radius 2 is 1.83 bits per heavy atom. The summed E-state index contributed by atoms with van der Waals surface area (Å²) >= 11 is 0. The van der Waals surface area contributed by atoms with Crippen molar-refractivity contribution >= 4 is 28.5 Å². The van der Waals surface area contributed by atoms with Crippen molar-refractivity contribution in [1.82, 2.24) is 5.32 Å². The van der Waals surface area contributed by atoms with E-state index < -0.39 is 34.4 Å². The first-order valence-corrected chi connectivity index (χ1v) is 10.3. The highest BCUT2D eigenvalue weighted by atomic mass is 35.5. The molecule has 9 heteroatoms. The molecule has 0 aromatic heterocycles. The summed E-state index contributed by atoms with van der Waals surface area (Å²) in [4.78, 5) is 12.1. The second kappa shape index (κ2) is 9.67. The van der Waals surface area contributed by atoms with E-state index in [4.69, 9.17) is 8.92 Å². The SMILES string of the molecule is Cc1ccc(S(=O)(=O)OC[C@]2(F)CN[C@H](C(=O)OCc3ccccc3)C2)cc1.Cl. The van der Waals surface area contributed by atoms with Crippen LogP contribution in [0.15, 0.2) is 59.5 Å². The molecule has 29 heavy (non-hydrogen) atoms. The van der Waals surface area contributed by atoms with Gasteiger partial charge in [0.25, 0.3) is 10.1 Å². The first-order chi connectivity index (χ1) is 13.3. The fourth-order valence-electron chi connectivity index (χ4n) is 2.88. The average Bonchev–Trinajstić information content (AvgIpc) is 3.09. The Bertz CT molecular complexity index is 924. The van der Waals surface area contributed by atoms with E-state index in [9.17, 15) is 17.6 Å². The summed E-state index contributed by atoms with van der Waals surface area (Å²) in [6.07, 6.45) is -0.218. The minimum Gasteiger partial charge on any atom is -0.460 e. The quantitative estimate of drug-likeness (QED) is 0.523. The molecular weight excluding hydrogens is 421 g/mol. The molecule has 0 spiro atoms. The summed E-state index contributed by atoms with van der Waals surface area (Å²) in [7, 11) is -4.07. The van der Waals surface area contributed by atoms with Gasteiger partial charge in [-0.2, -0.15) is 8.42 Å². The first-order valence-electron chi connectivity index (χ1n) is 8.86. The number of halogens is 2. The maximum Gasteiger partial charge on any atom is 0.323 e. The number of carbonyl (C=O) groups excluding carboxylic acids is 1. The van der Waals surface area contributed by atoms with E-state index in [1.54, 1.807) is 12.1 Å². The van der Waals surface area contributed by atoms with E-state index in [2.05, 4.69) is 5.32 Å². The number of esters is 1. The van der Waals surface area contributed by atoms with Crippen molar-refractivity contribution in [1.29, 1.82) is 0 Å². The van der Waals surface area contributed by atoms with Crippen LogP contribution in [-0.4, -0.2) is 39.2 Å². The Hall–Kier alpha value is -2.00. The van der Waals surface area contributed by atoms with Gasteiger partial charge >= 0.3 is 5.97 Å². The molecule has 3 rings (SSSR count). The standard InChI is InChI=1S/C20H22FNO5S.ClH/c1-15-7-9-17(10-8-15)28(24,25)27-14-20(21)11-18(22-13-20)19(23)26-12-16-5-3-2-4-6-16;/h2-10,18,22H,11-14H2,1H3;1H/t18-,20+;/m0./s1. The van der Waals surface area contributed by atoms with Gasteiger partial charge in [0.2, 0.25) is 0 Å². The lowest BCUT2D eigenvalue weighted by Crippen LogP contribution is -2.33. The third-order valence-electron chi connectivity index (χ3n) is 4.53. The molecule has 1 heterocycles. The molecule has 1 saturated heterocycles. The maximum atomic E-state index is 14.9. The maximum absolute atomic E-state index is 14.9. The lowest BCUT2D eigenvalue weighted by Gasteiger charge is -2.18. The zero-order chi connectivity index (χ0) is 20.2. The summed E-state index contributed by atoms with van der Waals surface area (Å²) in [5.74, 6) is -0.579. The highest BCUT2D eigenvalue weighted by molar-refractivity contribution is 7.86. The molecule has 2 atom stereocenters. The molecule has 0 bridgehead atoms. The normalized spacial score (nSPS) is 21.4. The van der Waals surface area contributed by atoms with Crippen LogP contribution in [0.2, 0.25) is 0 Å². The topological polar surface area (TPSA) is 81.7 Å². The smallest absolute Gasteiger partial charge is 0.323 e. The van der Waals surface area contributed by atoms with Crippen LogP contribution >= 0.6 is 12.4 Å². The number of nitrogens with one attached hydrogen (secondary N) is 1. The average molecular weight is 444 g/mol. The van der Waals surface area contributed by atoms with Crippen LogP contribution < -0.4 is 5.32 Å². The van der Waals surface area contributed by atoms with Crippen molar-refractivity contribution in [2.45, 2.75) is 36.6 Å². The lowest BCUT2D eigenvalue weighted by molar-refractivity contribution is -0.147. The molecule has 0 unspecified atom stereocenters. The van der Waals surface area contributed by atoms with Gasteiger partial charge in [0, 0.05) is 13.0 Å². The van der Waals surface area contributed by atoms with E-state index in [-0.39, 0.29) is 36.9 Å². The van der Waals surface area contributed by atoms with Crippen molar-refractivity contribution in [3.05, 3.63) is 65.7 Å². The van der Waals surface area contributed by atoms with E-state index in [0.29, 0.717) is 0 Å². The molecule has 0 radical (unpaired) electrons. The van der Waals surface area contributed by atoms with Gasteiger partial charge in [0.05, 0.1) is 4.90 Å². The number of alkyl halides is 1. The van der Waals surface area contributed by atoms with Gasteiger partial charge in [-0.25, -0.2) is 4.39 Å². The molecule has 2 aromatic rings. The number of hydrogen-bond donors (Lipinski definition) is 1. The van der Waals surface area contributed by atoms with E-state index in [0.717, 1.165) is 11.1 Å². The highest BCUT2D eigenvalue weighted by Gasteiger charge is 2.44. The molecule has 0 saturated carbocycles. The monoisotopic (exact) mass is 443 g/mol. The van der Waals surface area contributed by atoms with Gasteiger partial charge in [-0.3, -0.25) is 8.98 Å². The van der Waals surface area contributed by atoms with Crippen molar-refractivity contribution in [3.63, 3.8) is 0 Å². The Morgan fingerprint density at radius 1 is 1.17 bits per heavy atom. The van der Waals surface area contributed by atoms with E-state index >= 15 is 0 Å². The van der Waals surface area contributed by atoms with E-state index in [1.165, 1.54) is 12.1 Å². The molecule has 0 amide bonds. The van der Waals surface area contributed by atoms with Crippen LogP contribution in [0.4, 0.5) is 4.39 Å². The van der Waals surface area contributed by atoms with Crippen molar-refractivity contribution in [2.24, 2.45) is 0 Å². The zero-order valence-corrected chi connectivity index (χ0v) is 17.5. The number of carbonyl (C=O) groups is 1. The zero-order valence-electron chi connectivity index (χ0n) is 15.8. The minimum atomic E-state index is -4.07. The summed E-state index contributed by atoms with van der Waals surface area (Å²) < 4.78 is 49.5. The van der Waals surface area contributed by atoms with Gasteiger partial charge in [-0.05, 0) is 24.6 Å². The molecular formula is C20H23ClFNO5S. The van der Waals surface area contributed by atoms with Gasteiger partial charge in [0.1, 0.15) is 24.9 Å².